The Kier molecular flexibility index (Phi) is 7.55. The maximum atomic E-state index is 11.3. The van der Waals surface area contributed by atoms with E-state index in [1.807, 2.05) is 6.92 Å². The molecule has 0 bridgehead atoms. The van der Waals surface area contributed by atoms with Crippen molar-refractivity contribution in [3.8, 4) is 0 Å². The lowest BCUT2D eigenvalue weighted by molar-refractivity contribution is -0.121. The summed E-state index contributed by atoms with van der Waals surface area (Å²) >= 11 is 11.8. The SMILES string of the molecule is CC(NC(=O)CCN)c1ccc(Cl)cc1Cl.Cl. The summed E-state index contributed by atoms with van der Waals surface area (Å²) in [6.45, 7) is 2.20. The summed E-state index contributed by atoms with van der Waals surface area (Å²) < 4.78 is 0. The highest BCUT2D eigenvalue weighted by Gasteiger charge is 2.12. The van der Waals surface area contributed by atoms with Crippen molar-refractivity contribution in [1.29, 1.82) is 0 Å². The molecule has 0 fully saturated rings. The Hall–Kier alpha value is -0.480. The smallest absolute Gasteiger partial charge is 0.221 e. The first-order valence-electron chi connectivity index (χ1n) is 4.99. The molecule has 1 aromatic carbocycles. The third-order valence-corrected chi connectivity index (χ3v) is 2.74. The predicted molar refractivity (Wildman–Crippen MR) is 73.9 cm³/mol. The topological polar surface area (TPSA) is 55.1 Å². The Balaban J connectivity index is 0.00000256. The van der Waals surface area contributed by atoms with Crippen molar-refractivity contribution < 1.29 is 4.79 Å². The van der Waals surface area contributed by atoms with Crippen LogP contribution in [0.2, 0.25) is 10.0 Å². The minimum Gasteiger partial charge on any atom is -0.349 e. The summed E-state index contributed by atoms with van der Waals surface area (Å²) in [6, 6.07) is 5.06. The van der Waals surface area contributed by atoms with E-state index in [-0.39, 0.29) is 24.4 Å². The molecular weight excluding hydrogens is 282 g/mol. The number of nitrogens with one attached hydrogen (secondary N) is 1. The molecule has 0 radical (unpaired) electrons. The molecule has 3 N–H and O–H groups in total. The van der Waals surface area contributed by atoms with Gasteiger partial charge in [0.2, 0.25) is 5.91 Å². The third-order valence-electron chi connectivity index (χ3n) is 2.18. The fourth-order valence-electron chi connectivity index (χ4n) is 1.38. The van der Waals surface area contributed by atoms with E-state index in [0.717, 1.165) is 5.56 Å². The lowest BCUT2D eigenvalue weighted by Crippen LogP contribution is -2.28. The number of nitrogens with two attached hydrogens (primary N) is 1. The molecule has 0 aliphatic carbocycles. The first-order valence-corrected chi connectivity index (χ1v) is 5.74. The first kappa shape index (κ1) is 16.5. The molecule has 1 unspecified atom stereocenters. The van der Waals surface area contributed by atoms with Gasteiger partial charge in [-0.15, -0.1) is 12.4 Å². The molecule has 0 aromatic heterocycles. The summed E-state index contributed by atoms with van der Waals surface area (Å²) in [5.74, 6) is -0.0824. The highest BCUT2D eigenvalue weighted by molar-refractivity contribution is 6.35. The van der Waals surface area contributed by atoms with E-state index in [9.17, 15) is 4.79 Å². The van der Waals surface area contributed by atoms with Crippen molar-refractivity contribution >= 4 is 41.5 Å². The van der Waals surface area contributed by atoms with E-state index >= 15 is 0 Å². The molecule has 1 atom stereocenters. The van der Waals surface area contributed by atoms with Gasteiger partial charge in [-0.3, -0.25) is 4.79 Å². The molecule has 0 aliphatic rings. The largest absolute Gasteiger partial charge is 0.349 e. The summed E-state index contributed by atoms with van der Waals surface area (Å²) in [5.41, 5.74) is 6.13. The Morgan fingerprint density at radius 1 is 1.47 bits per heavy atom. The van der Waals surface area contributed by atoms with Crippen LogP contribution in [-0.2, 0) is 4.79 Å². The summed E-state index contributed by atoms with van der Waals surface area (Å²) in [6.07, 6.45) is 0.315. The van der Waals surface area contributed by atoms with Gasteiger partial charge in [-0.1, -0.05) is 29.3 Å². The van der Waals surface area contributed by atoms with Crippen LogP contribution in [0.5, 0.6) is 0 Å². The first-order chi connectivity index (χ1) is 7.54. The van der Waals surface area contributed by atoms with Crippen molar-refractivity contribution in [1.82, 2.24) is 5.32 Å². The zero-order valence-electron chi connectivity index (χ0n) is 9.37. The van der Waals surface area contributed by atoms with Gasteiger partial charge in [0.15, 0.2) is 0 Å². The normalized spacial score (nSPS) is 11.5. The Morgan fingerprint density at radius 3 is 2.65 bits per heavy atom. The molecule has 0 aliphatic heterocycles. The predicted octanol–water partition coefficient (Wildman–Crippen LogP) is 2.94. The maximum absolute atomic E-state index is 11.3. The molecule has 0 heterocycles. The van der Waals surface area contributed by atoms with Gasteiger partial charge in [0.05, 0.1) is 6.04 Å². The molecule has 6 heteroatoms. The number of hydrogen-bond donors (Lipinski definition) is 2. The van der Waals surface area contributed by atoms with Crippen LogP contribution in [0, 0.1) is 0 Å². The molecule has 3 nitrogen and oxygen atoms in total. The summed E-state index contributed by atoms with van der Waals surface area (Å²) in [4.78, 5) is 11.3. The van der Waals surface area contributed by atoms with Gasteiger partial charge < -0.3 is 11.1 Å². The number of carbonyl (C=O) groups is 1. The lowest BCUT2D eigenvalue weighted by atomic mass is 10.1. The Bertz CT molecular complexity index is 385. The molecule has 0 saturated carbocycles. The van der Waals surface area contributed by atoms with Crippen LogP contribution in [0.1, 0.15) is 24.9 Å². The number of benzene rings is 1. The molecule has 0 spiro atoms. The zero-order valence-corrected chi connectivity index (χ0v) is 11.7. The summed E-state index contributed by atoms with van der Waals surface area (Å²) in [7, 11) is 0. The molecule has 1 aromatic rings. The van der Waals surface area contributed by atoms with Crippen LogP contribution >= 0.6 is 35.6 Å². The summed E-state index contributed by atoms with van der Waals surface area (Å²) in [5, 5.41) is 3.94. The number of halogens is 3. The molecule has 0 saturated heterocycles. The molecule has 1 amide bonds. The maximum Gasteiger partial charge on any atom is 0.221 e. The fourth-order valence-corrected chi connectivity index (χ4v) is 1.95. The second-order valence-electron chi connectivity index (χ2n) is 3.49. The zero-order chi connectivity index (χ0) is 12.1. The Labute approximate surface area is 117 Å². The van der Waals surface area contributed by atoms with Gasteiger partial charge in [0, 0.05) is 23.0 Å². The highest BCUT2D eigenvalue weighted by atomic mass is 35.5. The second-order valence-corrected chi connectivity index (χ2v) is 4.34. The van der Waals surface area contributed by atoms with Crippen LogP contribution in [0.15, 0.2) is 18.2 Å². The monoisotopic (exact) mass is 296 g/mol. The van der Waals surface area contributed by atoms with Gasteiger partial charge in [-0.2, -0.15) is 0 Å². The second kappa shape index (κ2) is 7.77. The van der Waals surface area contributed by atoms with Crippen LogP contribution in [0.3, 0.4) is 0 Å². The number of carbonyl (C=O) groups excluding carboxylic acids is 1. The van der Waals surface area contributed by atoms with Crippen LogP contribution < -0.4 is 11.1 Å². The van der Waals surface area contributed by atoms with Gasteiger partial charge >= 0.3 is 0 Å². The lowest BCUT2D eigenvalue weighted by Gasteiger charge is -2.15. The van der Waals surface area contributed by atoms with Crippen LogP contribution in [0.4, 0.5) is 0 Å². The van der Waals surface area contributed by atoms with E-state index in [0.29, 0.717) is 23.0 Å². The van der Waals surface area contributed by atoms with E-state index < -0.39 is 0 Å². The van der Waals surface area contributed by atoms with Crippen molar-refractivity contribution in [3.63, 3.8) is 0 Å². The minimum absolute atomic E-state index is 0. The van der Waals surface area contributed by atoms with Crippen molar-refractivity contribution in [2.24, 2.45) is 5.73 Å². The van der Waals surface area contributed by atoms with Crippen molar-refractivity contribution in [3.05, 3.63) is 33.8 Å². The molecule has 17 heavy (non-hydrogen) atoms. The third kappa shape index (κ3) is 5.13. The molecular formula is C11H15Cl3N2O. The van der Waals surface area contributed by atoms with Crippen LogP contribution in [-0.4, -0.2) is 12.5 Å². The molecule has 96 valence electrons. The molecule has 1 rings (SSSR count). The van der Waals surface area contributed by atoms with E-state index in [1.165, 1.54) is 0 Å². The number of hydrogen-bond acceptors (Lipinski definition) is 2. The van der Waals surface area contributed by atoms with E-state index in [1.54, 1.807) is 18.2 Å². The highest BCUT2D eigenvalue weighted by Crippen LogP contribution is 2.25. The van der Waals surface area contributed by atoms with E-state index in [4.69, 9.17) is 28.9 Å². The standard InChI is InChI=1S/C11H14Cl2N2O.ClH/c1-7(15-11(16)4-5-14)9-3-2-8(12)6-10(9)13;/h2-3,6-7H,4-5,14H2,1H3,(H,15,16);1H. The fraction of sp³-hybridized carbons (Fsp3) is 0.364. The average Bonchev–Trinajstić information content (AvgIpc) is 2.17. The quantitative estimate of drug-likeness (QED) is 0.898. The Morgan fingerprint density at radius 2 is 2.12 bits per heavy atom. The van der Waals surface area contributed by atoms with E-state index in [2.05, 4.69) is 5.32 Å². The average molecular weight is 298 g/mol. The minimum atomic E-state index is -0.149. The van der Waals surface area contributed by atoms with Gasteiger partial charge in [0.1, 0.15) is 0 Å². The number of amides is 1. The van der Waals surface area contributed by atoms with Crippen LogP contribution in [0.25, 0.3) is 0 Å². The number of rotatable bonds is 4. The van der Waals surface area contributed by atoms with Crippen molar-refractivity contribution in [2.75, 3.05) is 6.54 Å². The van der Waals surface area contributed by atoms with Gasteiger partial charge in [-0.25, -0.2) is 0 Å². The van der Waals surface area contributed by atoms with Gasteiger partial charge in [-0.05, 0) is 24.6 Å². The van der Waals surface area contributed by atoms with Gasteiger partial charge in [0.25, 0.3) is 0 Å². The van der Waals surface area contributed by atoms with Crippen molar-refractivity contribution in [2.45, 2.75) is 19.4 Å².